The quantitative estimate of drug-likeness (QED) is 0.670. The van der Waals surface area contributed by atoms with Crippen molar-refractivity contribution < 1.29 is 22.7 Å². The molecule has 4 rings (SSSR count). The third-order valence-electron chi connectivity index (χ3n) is 6.84. The average molecular weight is 484 g/mol. The molecule has 1 N–H and O–H groups in total. The average Bonchev–Trinajstić information content (AvgIpc) is 3.50. The molecule has 32 heavy (non-hydrogen) atoms. The summed E-state index contributed by atoms with van der Waals surface area (Å²) in [4.78, 5) is 27.0. The van der Waals surface area contributed by atoms with Crippen molar-refractivity contribution in [3.63, 3.8) is 0 Å². The predicted octanol–water partition coefficient (Wildman–Crippen LogP) is 2.32. The van der Waals surface area contributed by atoms with Crippen molar-refractivity contribution in [2.75, 3.05) is 39.3 Å². The standard InChI is InChI=1S/C22H33N3O5S2/c1-16-4-8-24(9-5-16)22(27)18-13-20(31-15-18)32(28,29)25-10-6-17(7-11-25)21(26)23-14-19-3-2-12-30-19/h13,15-17,19H,2-12,14H2,1H3,(H,23,26)/t19-/m1/s1. The second-order valence-corrected chi connectivity index (χ2v) is 12.3. The second kappa shape index (κ2) is 10.2. The number of hydrogen-bond acceptors (Lipinski definition) is 6. The first kappa shape index (κ1) is 23.7. The molecule has 0 bridgehead atoms. The number of carbonyl (C=O) groups excluding carboxylic acids is 2. The summed E-state index contributed by atoms with van der Waals surface area (Å²) in [5.41, 5.74) is 0.450. The smallest absolute Gasteiger partial charge is 0.254 e. The molecule has 1 aromatic rings. The molecule has 10 heteroatoms. The van der Waals surface area contributed by atoms with Crippen molar-refractivity contribution in [1.82, 2.24) is 14.5 Å². The van der Waals surface area contributed by atoms with Gasteiger partial charge in [-0.15, -0.1) is 11.3 Å². The molecule has 178 valence electrons. The van der Waals surface area contributed by atoms with Crippen LogP contribution in [-0.4, -0.2) is 74.9 Å². The fourth-order valence-electron chi connectivity index (χ4n) is 4.61. The van der Waals surface area contributed by atoms with E-state index in [9.17, 15) is 18.0 Å². The number of rotatable bonds is 6. The van der Waals surface area contributed by atoms with Crippen LogP contribution in [0, 0.1) is 11.8 Å². The van der Waals surface area contributed by atoms with Gasteiger partial charge in [0.25, 0.3) is 15.9 Å². The Morgan fingerprint density at radius 3 is 2.50 bits per heavy atom. The molecule has 8 nitrogen and oxygen atoms in total. The molecule has 0 unspecified atom stereocenters. The van der Waals surface area contributed by atoms with E-state index in [-0.39, 0.29) is 28.0 Å². The largest absolute Gasteiger partial charge is 0.376 e. The molecule has 1 atom stereocenters. The highest BCUT2D eigenvalue weighted by molar-refractivity contribution is 7.91. The molecule has 0 saturated carbocycles. The van der Waals surface area contributed by atoms with E-state index in [1.807, 2.05) is 4.90 Å². The highest BCUT2D eigenvalue weighted by Gasteiger charge is 2.34. The van der Waals surface area contributed by atoms with Crippen LogP contribution in [0.1, 0.15) is 55.8 Å². The predicted molar refractivity (Wildman–Crippen MR) is 122 cm³/mol. The zero-order chi connectivity index (χ0) is 22.7. The molecular formula is C22H33N3O5S2. The zero-order valence-corrected chi connectivity index (χ0v) is 20.3. The Labute approximate surface area is 194 Å². The molecule has 3 aliphatic heterocycles. The number of piperidine rings is 2. The third kappa shape index (κ3) is 5.35. The first-order chi connectivity index (χ1) is 15.3. The number of ether oxygens (including phenoxy) is 1. The fourth-order valence-corrected chi connectivity index (χ4v) is 7.38. The molecule has 3 aliphatic rings. The van der Waals surface area contributed by atoms with Crippen LogP contribution in [0.4, 0.5) is 0 Å². The Bertz CT molecular complexity index is 910. The van der Waals surface area contributed by atoms with Crippen molar-refractivity contribution in [3.8, 4) is 0 Å². The molecule has 1 aromatic heterocycles. The SMILES string of the molecule is CC1CCN(C(=O)c2csc(S(=O)(=O)N3CCC(C(=O)NC[C@H]4CCCO4)CC3)c2)CC1. The van der Waals surface area contributed by atoms with Gasteiger partial charge in [0.2, 0.25) is 5.91 Å². The van der Waals surface area contributed by atoms with Gasteiger partial charge in [0.15, 0.2) is 0 Å². The minimum Gasteiger partial charge on any atom is -0.376 e. The van der Waals surface area contributed by atoms with Gasteiger partial charge in [-0.1, -0.05) is 6.92 Å². The summed E-state index contributed by atoms with van der Waals surface area (Å²) in [6.07, 6.45) is 5.07. The number of amides is 2. The Balaban J connectivity index is 1.30. The van der Waals surface area contributed by atoms with E-state index < -0.39 is 10.0 Å². The van der Waals surface area contributed by atoms with Gasteiger partial charge in [-0.2, -0.15) is 4.31 Å². The van der Waals surface area contributed by atoms with Gasteiger partial charge in [-0.3, -0.25) is 9.59 Å². The van der Waals surface area contributed by atoms with Crippen LogP contribution >= 0.6 is 11.3 Å². The summed E-state index contributed by atoms with van der Waals surface area (Å²) >= 11 is 1.10. The van der Waals surface area contributed by atoms with Gasteiger partial charge in [0.05, 0.1) is 11.7 Å². The lowest BCUT2D eigenvalue weighted by molar-refractivity contribution is -0.126. The zero-order valence-electron chi connectivity index (χ0n) is 18.6. The summed E-state index contributed by atoms with van der Waals surface area (Å²) in [5.74, 6) is 0.344. The first-order valence-corrected chi connectivity index (χ1v) is 13.9. The molecular weight excluding hydrogens is 450 g/mol. The molecule has 3 saturated heterocycles. The van der Waals surface area contributed by atoms with Crippen molar-refractivity contribution >= 4 is 33.2 Å². The monoisotopic (exact) mass is 483 g/mol. The molecule has 0 aromatic carbocycles. The molecule has 0 radical (unpaired) electrons. The number of thiophene rings is 1. The van der Waals surface area contributed by atoms with Gasteiger partial charge >= 0.3 is 0 Å². The third-order valence-corrected chi connectivity index (χ3v) is 10.2. The maximum atomic E-state index is 13.1. The van der Waals surface area contributed by atoms with Gasteiger partial charge < -0.3 is 15.0 Å². The summed E-state index contributed by atoms with van der Waals surface area (Å²) in [7, 11) is -3.66. The van der Waals surface area contributed by atoms with E-state index in [4.69, 9.17) is 4.74 Å². The number of hydrogen-bond donors (Lipinski definition) is 1. The molecule has 4 heterocycles. The van der Waals surface area contributed by atoms with Gasteiger partial charge in [-0.05, 0) is 50.5 Å². The fraction of sp³-hybridized carbons (Fsp3) is 0.727. The lowest BCUT2D eigenvalue weighted by Gasteiger charge is -2.30. The number of sulfonamides is 1. The van der Waals surface area contributed by atoms with Crippen LogP contribution in [0.5, 0.6) is 0 Å². The molecule has 0 spiro atoms. The molecule has 0 aliphatic carbocycles. The van der Waals surface area contributed by atoms with Crippen LogP contribution < -0.4 is 5.32 Å². The van der Waals surface area contributed by atoms with Crippen molar-refractivity contribution in [3.05, 3.63) is 17.0 Å². The topological polar surface area (TPSA) is 96.0 Å². The Morgan fingerprint density at radius 1 is 1.12 bits per heavy atom. The lowest BCUT2D eigenvalue weighted by atomic mass is 9.97. The van der Waals surface area contributed by atoms with E-state index >= 15 is 0 Å². The lowest BCUT2D eigenvalue weighted by Crippen LogP contribution is -2.44. The number of likely N-dealkylation sites (tertiary alicyclic amines) is 1. The maximum absolute atomic E-state index is 13.1. The first-order valence-electron chi connectivity index (χ1n) is 11.6. The summed E-state index contributed by atoms with van der Waals surface area (Å²) in [5, 5.41) is 4.61. The van der Waals surface area contributed by atoms with E-state index in [1.165, 1.54) is 10.4 Å². The van der Waals surface area contributed by atoms with Crippen molar-refractivity contribution in [2.24, 2.45) is 11.8 Å². The van der Waals surface area contributed by atoms with Gasteiger partial charge in [0, 0.05) is 50.6 Å². The van der Waals surface area contributed by atoms with E-state index in [2.05, 4.69) is 12.2 Å². The second-order valence-electron chi connectivity index (χ2n) is 9.19. The van der Waals surface area contributed by atoms with Crippen LogP contribution in [-0.2, 0) is 19.6 Å². The summed E-state index contributed by atoms with van der Waals surface area (Å²) < 4.78 is 33.4. The number of nitrogens with one attached hydrogen (secondary N) is 1. The van der Waals surface area contributed by atoms with E-state index in [1.54, 1.807) is 5.38 Å². The van der Waals surface area contributed by atoms with Crippen LogP contribution in [0.25, 0.3) is 0 Å². The summed E-state index contributed by atoms with van der Waals surface area (Å²) in [6, 6.07) is 1.51. The summed E-state index contributed by atoms with van der Waals surface area (Å²) in [6.45, 7) is 5.54. The maximum Gasteiger partial charge on any atom is 0.254 e. The highest BCUT2D eigenvalue weighted by atomic mass is 32.2. The highest BCUT2D eigenvalue weighted by Crippen LogP contribution is 2.29. The van der Waals surface area contributed by atoms with Gasteiger partial charge in [0.1, 0.15) is 4.21 Å². The molecule has 3 fully saturated rings. The van der Waals surface area contributed by atoms with Crippen molar-refractivity contribution in [1.29, 1.82) is 0 Å². The normalized spacial score (nSPS) is 24.0. The minimum absolute atomic E-state index is 0.0163. The van der Waals surface area contributed by atoms with Crippen molar-refractivity contribution in [2.45, 2.75) is 55.8 Å². The van der Waals surface area contributed by atoms with E-state index in [0.29, 0.717) is 44.0 Å². The Hall–Kier alpha value is -1.49. The minimum atomic E-state index is -3.66. The number of carbonyl (C=O) groups is 2. The van der Waals surface area contributed by atoms with Crippen LogP contribution in [0.2, 0.25) is 0 Å². The molecule has 2 amide bonds. The van der Waals surface area contributed by atoms with Crippen LogP contribution in [0.3, 0.4) is 0 Å². The Kier molecular flexibility index (Phi) is 7.54. The van der Waals surface area contributed by atoms with Crippen LogP contribution in [0.15, 0.2) is 15.7 Å². The Morgan fingerprint density at radius 2 is 1.84 bits per heavy atom. The number of nitrogens with zero attached hydrogens (tertiary/aromatic N) is 2. The van der Waals surface area contributed by atoms with Gasteiger partial charge in [-0.25, -0.2) is 8.42 Å². The van der Waals surface area contributed by atoms with E-state index in [0.717, 1.165) is 56.7 Å².